The number of hydrogen-bond donors (Lipinski definition) is 0. The van der Waals surface area contributed by atoms with Gasteiger partial charge in [-0.25, -0.2) is 4.79 Å². The summed E-state index contributed by atoms with van der Waals surface area (Å²) in [5.41, 5.74) is 2.13. The Labute approximate surface area is 143 Å². The predicted octanol–water partition coefficient (Wildman–Crippen LogP) is 2.72. The van der Waals surface area contributed by atoms with Crippen LogP contribution >= 0.6 is 11.3 Å². The second-order valence-corrected chi connectivity index (χ2v) is 6.28. The number of tetrazole rings is 1. The van der Waals surface area contributed by atoms with Crippen LogP contribution in [0, 0.1) is 0 Å². The molecule has 2 heterocycles. The molecule has 24 heavy (non-hydrogen) atoms. The van der Waals surface area contributed by atoms with Crippen molar-refractivity contribution in [1.29, 1.82) is 0 Å². The first-order valence-electron chi connectivity index (χ1n) is 7.32. The van der Waals surface area contributed by atoms with Gasteiger partial charge in [0.25, 0.3) is 0 Å². The Balaban J connectivity index is 1.96. The lowest BCUT2D eigenvalue weighted by Gasteiger charge is -2.00. The van der Waals surface area contributed by atoms with Gasteiger partial charge < -0.3 is 4.74 Å². The lowest BCUT2D eigenvalue weighted by Crippen LogP contribution is -1.92. The second kappa shape index (κ2) is 7.18. The number of methoxy groups -OCH3 is 1. The summed E-state index contributed by atoms with van der Waals surface area (Å²) in [6, 6.07) is 12.2. The van der Waals surface area contributed by atoms with E-state index in [-0.39, 0.29) is 5.97 Å². The molecule has 3 aromatic rings. The van der Waals surface area contributed by atoms with Crippen LogP contribution in [0.15, 0.2) is 42.5 Å². The SMILES string of the molecule is COC(=O)C=Cc1cc(-c2nnn(C)n2)c(Cc2ccccc2)s1. The third-order valence-electron chi connectivity index (χ3n) is 3.37. The van der Waals surface area contributed by atoms with Gasteiger partial charge in [0.15, 0.2) is 0 Å². The van der Waals surface area contributed by atoms with Crippen molar-refractivity contribution in [1.82, 2.24) is 20.2 Å². The number of ether oxygens (including phenoxy) is 1. The van der Waals surface area contributed by atoms with E-state index in [1.165, 1.54) is 23.5 Å². The van der Waals surface area contributed by atoms with E-state index in [1.807, 2.05) is 24.3 Å². The van der Waals surface area contributed by atoms with E-state index in [9.17, 15) is 4.79 Å². The Morgan fingerprint density at radius 3 is 2.79 bits per heavy atom. The molecule has 1 aromatic carbocycles. The van der Waals surface area contributed by atoms with Gasteiger partial charge in [-0.15, -0.1) is 21.5 Å². The normalized spacial score (nSPS) is 11.1. The quantitative estimate of drug-likeness (QED) is 0.527. The summed E-state index contributed by atoms with van der Waals surface area (Å²) in [6.07, 6.45) is 3.92. The summed E-state index contributed by atoms with van der Waals surface area (Å²) < 4.78 is 4.63. The molecule has 0 saturated carbocycles. The second-order valence-electron chi connectivity index (χ2n) is 5.11. The fourth-order valence-electron chi connectivity index (χ4n) is 2.24. The first kappa shape index (κ1) is 16.1. The smallest absolute Gasteiger partial charge is 0.330 e. The lowest BCUT2D eigenvalue weighted by atomic mass is 10.1. The van der Waals surface area contributed by atoms with Crippen LogP contribution in [0.1, 0.15) is 15.3 Å². The molecule has 0 aliphatic heterocycles. The number of thiophene rings is 1. The van der Waals surface area contributed by atoms with E-state index < -0.39 is 0 Å². The summed E-state index contributed by atoms with van der Waals surface area (Å²) >= 11 is 1.60. The molecule has 0 amide bonds. The molecule has 0 atom stereocenters. The summed E-state index contributed by atoms with van der Waals surface area (Å²) in [4.78, 5) is 14.8. The van der Waals surface area contributed by atoms with Gasteiger partial charge in [0, 0.05) is 27.8 Å². The Hall–Kier alpha value is -2.80. The molecule has 7 heteroatoms. The number of rotatable bonds is 5. The van der Waals surface area contributed by atoms with Crippen molar-refractivity contribution in [3.05, 3.63) is 57.8 Å². The van der Waals surface area contributed by atoms with Crippen LogP contribution in [-0.4, -0.2) is 33.3 Å². The molecule has 0 radical (unpaired) electrons. The number of esters is 1. The van der Waals surface area contributed by atoms with Gasteiger partial charge in [0.05, 0.1) is 14.2 Å². The van der Waals surface area contributed by atoms with Crippen molar-refractivity contribution < 1.29 is 9.53 Å². The van der Waals surface area contributed by atoms with Gasteiger partial charge in [0.2, 0.25) is 5.82 Å². The highest BCUT2D eigenvalue weighted by Gasteiger charge is 2.15. The molecule has 122 valence electrons. The van der Waals surface area contributed by atoms with Crippen molar-refractivity contribution in [2.45, 2.75) is 6.42 Å². The maximum Gasteiger partial charge on any atom is 0.330 e. The fraction of sp³-hybridized carbons (Fsp3) is 0.176. The minimum Gasteiger partial charge on any atom is -0.466 e. The van der Waals surface area contributed by atoms with Crippen molar-refractivity contribution in [3.63, 3.8) is 0 Å². The topological polar surface area (TPSA) is 69.9 Å². The molecule has 0 bridgehead atoms. The molecule has 0 fully saturated rings. The van der Waals surface area contributed by atoms with Gasteiger partial charge in [0.1, 0.15) is 0 Å². The maximum absolute atomic E-state index is 11.3. The Bertz CT molecular complexity index is 868. The summed E-state index contributed by atoms with van der Waals surface area (Å²) in [6.45, 7) is 0. The van der Waals surface area contributed by atoms with E-state index in [2.05, 4.69) is 32.3 Å². The Morgan fingerprint density at radius 1 is 1.33 bits per heavy atom. The third kappa shape index (κ3) is 3.75. The zero-order valence-electron chi connectivity index (χ0n) is 13.3. The van der Waals surface area contributed by atoms with Crippen LogP contribution in [0.5, 0.6) is 0 Å². The standard InChI is InChI=1S/C17H16N4O2S/c1-21-19-17(18-20-21)14-11-13(8-9-16(22)23-2)24-15(14)10-12-6-4-3-5-7-12/h3-9,11H,10H2,1-2H3. The highest BCUT2D eigenvalue weighted by atomic mass is 32.1. The highest BCUT2D eigenvalue weighted by Crippen LogP contribution is 2.32. The van der Waals surface area contributed by atoms with Crippen molar-refractivity contribution in [2.75, 3.05) is 7.11 Å². The number of aryl methyl sites for hydroxylation is 1. The van der Waals surface area contributed by atoms with Crippen molar-refractivity contribution in [2.24, 2.45) is 7.05 Å². The molecule has 2 aromatic heterocycles. The van der Waals surface area contributed by atoms with E-state index in [1.54, 1.807) is 24.5 Å². The summed E-state index contributed by atoms with van der Waals surface area (Å²) in [5, 5.41) is 12.3. The van der Waals surface area contributed by atoms with Gasteiger partial charge in [-0.2, -0.15) is 4.80 Å². The van der Waals surface area contributed by atoms with Crippen molar-refractivity contribution >= 4 is 23.4 Å². The molecule has 6 nitrogen and oxygen atoms in total. The number of carbonyl (C=O) groups is 1. The van der Waals surface area contributed by atoms with Gasteiger partial charge in [-0.3, -0.25) is 0 Å². The fourth-order valence-corrected chi connectivity index (χ4v) is 3.34. The summed E-state index contributed by atoms with van der Waals surface area (Å²) in [5.74, 6) is 0.199. The number of benzene rings is 1. The predicted molar refractivity (Wildman–Crippen MR) is 92.4 cm³/mol. The molecule has 0 aliphatic carbocycles. The average molecular weight is 340 g/mol. The average Bonchev–Trinajstić information content (AvgIpc) is 3.19. The first-order valence-corrected chi connectivity index (χ1v) is 8.14. The van der Waals surface area contributed by atoms with Crippen LogP contribution in [0.25, 0.3) is 17.5 Å². The van der Waals surface area contributed by atoms with Crippen LogP contribution in [0.2, 0.25) is 0 Å². The zero-order chi connectivity index (χ0) is 16.9. The third-order valence-corrected chi connectivity index (χ3v) is 4.47. The monoisotopic (exact) mass is 340 g/mol. The lowest BCUT2D eigenvalue weighted by molar-refractivity contribution is -0.134. The van der Waals surface area contributed by atoms with Crippen LogP contribution in [0.4, 0.5) is 0 Å². The summed E-state index contributed by atoms with van der Waals surface area (Å²) in [7, 11) is 3.09. The molecular formula is C17H16N4O2S. The van der Waals surface area contributed by atoms with E-state index in [0.29, 0.717) is 5.82 Å². The Morgan fingerprint density at radius 2 is 2.12 bits per heavy atom. The first-order chi connectivity index (χ1) is 11.7. The minimum absolute atomic E-state index is 0.382. The molecule has 0 spiro atoms. The van der Waals surface area contributed by atoms with Gasteiger partial charge in [-0.05, 0) is 22.9 Å². The van der Waals surface area contributed by atoms with Crippen LogP contribution in [-0.2, 0) is 23.0 Å². The molecule has 0 unspecified atom stereocenters. The molecule has 3 rings (SSSR count). The number of carbonyl (C=O) groups excluding carboxylic acids is 1. The number of hydrogen-bond acceptors (Lipinski definition) is 6. The van der Waals surface area contributed by atoms with Gasteiger partial charge in [-0.1, -0.05) is 30.3 Å². The maximum atomic E-state index is 11.3. The Kier molecular flexibility index (Phi) is 4.81. The van der Waals surface area contributed by atoms with Gasteiger partial charge >= 0.3 is 5.97 Å². The molecular weight excluding hydrogens is 324 g/mol. The van der Waals surface area contributed by atoms with E-state index in [4.69, 9.17) is 0 Å². The van der Waals surface area contributed by atoms with E-state index >= 15 is 0 Å². The number of aromatic nitrogens is 4. The molecule has 0 saturated heterocycles. The van der Waals surface area contributed by atoms with Crippen molar-refractivity contribution in [3.8, 4) is 11.4 Å². The zero-order valence-corrected chi connectivity index (χ0v) is 14.2. The number of nitrogens with zero attached hydrogens (tertiary/aromatic N) is 4. The highest BCUT2D eigenvalue weighted by molar-refractivity contribution is 7.13. The largest absolute Gasteiger partial charge is 0.466 e. The molecule has 0 aliphatic rings. The van der Waals surface area contributed by atoms with Crippen LogP contribution in [0.3, 0.4) is 0 Å². The minimum atomic E-state index is -0.382. The van der Waals surface area contributed by atoms with Crippen LogP contribution < -0.4 is 0 Å². The van der Waals surface area contributed by atoms with E-state index in [0.717, 1.165) is 21.7 Å². The molecule has 0 N–H and O–H groups in total.